The molecule has 3 nitrogen and oxygen atoms in total. The molecule has 0 spiro atoms. The molecule has 106 valence electrons. The van der Waals surface area contributed by atoms with Gasteiger partial charge in [0.05, 0.1) is 6.10 Å². The van der Waals surface area contributed by atoms with Gasteiger partial charge in [0, 0.05) is 26.2 Å². The summed E-state index contributed by atoms with van der Waals surface area (Å²) in [6.45, 7) is 5.99. The normalized spacial score (nSPS) is 19.3. The first-order chi connectivity index (χ1) is 9.21. The molecule has 1 aromatic rings. The second-order valence-corrected chi connectivity index (χ2v) is 5.13. The van der Waals surface area contributed by atoms with Crippen LogP contribution in [0.4, 0.5) is 4.39 Å². The summed E-state index contributed by atoms with van der Waals surface area (Å²) in [5.74, 6) is -0.203. The Morgan fingerprint density at radius 2 is 2.16 bits per heavy atom. The molecule has 0 aliphatic carbocycles. The average Bonchev–Trinajstić information content (AvgIpc) is 2.90. The summed E-state index contributed by atoms with van der Waals surface area (Å²) in [6.07, 6.45) is 2.62. The van der Waals surface area contributed by atoms with E-state index in [1.165, 1.54) is 6.07 Å². The molecular formula is C15H23FN2O. The predicted molar refractivity (Wildman–Crippen MR) is 74.2 cm³/mol. The van der Waals surface area contributed by atoms with Crippen molar-refractivity contribution in [1.29, 1.82) is 0 Å². The van der Waals surface area contributed by atoms with E-state index in [0.29, 0.717) is 12.6 Å². The largest absolute Gasteiger partial charge is 0.377 e. The van der Waals surface area contributed by atoms with Gasteiger partial charge in [-0.2, -0.15) is 0 Å². The van der Waals surface area contributed by atoms with Crippen molar-refractivity contribution in [3.05, 3.63) is 35.1 Å². The molecule has 1 aliphatic heterocycles. The number of rotatable bonds is 6. The summed E-state index contributed by atoms with van der Waals surface area (Å²) in [6, 6.07) is 5.08. The summed E-state index contributed by atoms with van der Waals surface area (Å²) in [7, 11) is 0. The lowest BCUT2D eigenvalue weighted by Gasteiger charge is -2.24. The molecule has 0 saturated carbocycles. The zero-order valence-electron chi connectivity index (χ0n) is 11.6. The quantitative estimate of drug-likeness (QED) is 0.858. The van der Waals surface area contributed by atoms with Gasteiger partial charge in [-0.1, -0.05) is 13.0 Å². The van der Waals surface area contributed by atoms with Crippen LogP contribution in [0, 0.1) is 5.82 Å². The lowest BCUT2D eigenvalue weighted by molar-refractivity contribution is 0.0724. The molecule has 1 fully saturated rings. The Bertz CT molecular complexity index is 405. The monoisotopic (exact) mass is 266 g/mol. The molecule has 0 radical (unpaired) electrons. The second kappa shape index (κ2) is 6.98. The Morgan fingerprint density at radius 3 is 2.79 bits per heavy atom. The van der Waals surface area contributed by atoms with Crippen LogP contribution in [0.2, 0.25) is 0 Å². The molecule has 1 saturated heterocycles. The van der Waals surface area contributed by atoms with E-state index in [1.807, 2.05) is 6.07 Å². The van der Waals surface area contributed by atoms with Crippen LogP contribution in [0.15, 0.2) is 18.2 Å². The number of halogens is 1. The first-order valence-corrected chi connectivity index (χ1v) is 7.03. The number of nitrogens with zero attached hydrogens (tertiary/aromatic N) is 1. The third kappa shape index (κ3) is 4.27. The van der Waals surface area contributed by atoms with Crippen molar-refractivity contribution < 1.29 is 9.13 Å². The molecule has 0 bridgehead atoms. The highest BCUT2D eigenvalue weighted by atomic mass is 19.1. The molecule has 1 unspecified atom stereocenters. The Morgan fingerprint density at radius 1 is 1.37 bits per heavy atom. The van der Waals surface area contributed by atoms with E-state index in [2.05, 4.69) is 11.8 Å². The lowest BCUT2D eigenvalue weighted by Crippen LogP contribution is -2.31. The van der Waals surface area contributed by atoms with E-state index in [-0.39, 0.29) is 5.82 Å². The molecule has 0 amide bonds. The number of hydrogen-bond donors (Lipinski definition) is 1. The number of likely N-dealkylation sites (N-methyl/N-ethyl adjacent to an activating group) is 1. The summed E-state index contributed by atoms with van der Waals surface area (Å²) in [4.78, 5) is 2.30. The number of hydrogen-bond acceptors (Lipinski definition) is 3. The molecular weight excluding hydrogens is 243 g/mol. The Kier molecular flexibility index (Phi) is 5.31. The van der Waals surface area contributed by atoms with Gasteiger partial charge in [-0.15, -0.1) is 0 Å². The van der Waals surface area contributed by atoms with Crippen LogP contribution < -0.4 is 5.73 Å². The summed E-state index contributed by atoms with van der Waals surface area (Å²) < 4.78 is 19.1. The maximum absolute atomic E-state index is 13.5. The molecule has 4 heteroatoms. The van der Waals surface area contributed by atoms with Crippen molar-refractivity contribution in [2.45, 2.75) is 39.0 Å². The fraction of sp³-hybridized carbons (Fsp3) is 0.600. The maximum Gasteiger partial charge on any atom is 0.123 e. The minimum atomic E-state index is -0.203. The highest BCUT2D eigenvalue weighted by molar-refractivity contribution is 5.24. The van der Waals surface area contributed by atoms with Crippen LogP contribution in [-0.2, 0) is 17.8 Å². The maximum atomic E-state index is 13.5. The Labute approximate surface area is 114 Å². The van der Waals surface area contributed by atoms with E-state index in [4.69, 9.17) is 10.5 Å². The van der Waals surface area contributed by atoms with Gasteiger partial charge in [-0.05, 0) is 42.6 Å². The van der Waals surface area contributed by atoms with Crippen molar-refractivity contribution >= 4 is 0 Å². The first-order valence-electron chi connectivity index (χ1n) is 7.03. The fourth-order valence-corrected chi connectivity index (χ4v) is 2.57. The summed E-state index contributed by atoms with van der Waals surface area (Å²) in [5.41, 5.74) is 7.42. The summed E-state index contributed by atoms with van der Waals surface area (Å²) in [5, 5.41) is 0. The highest BCUT2D eigenvalue weighted by Crippen LogP contribution is 2.16. The molecule has 0 aromatic heterocycles. The van der Waals surface area contributed by atoms with Gasteiger partial charge in [0.15, 0.2) is 0 Å². The van der Waals surface area contributed by atoms with Crippen molar-refractivity contribution in [3.8, 4) is 0 Å². The number of nitrogens with two attached hydrogens (primary N) is 1. The lowest BCUT2D eigenvalue weighted by atomic mass is 10.1. The molecule has 1 heterocycles. The summed E-state index contributed by atoms with van der Waals surface area (Å²) >= 11 is 0. The van der Waals surface area contributed by atoms with Crippen LogP contribution in [0.25, 0.3) is 0 Å². The number of benzene rings is 1. The van der Waals surface area contributed by atoms with Gasteiger partial charge in [0.1, 0.15) is 5.82 Å². The van der Waals surface area contributed by atoms with Gasteiger partial charge in [0.2, 0.25) is 0 Å². The molecule has 1 aliphatic rings. The van der Waals surface area contributed by atoms with Crippen molar-refractivity contribution in [1.82, 2.24) is 4.90 Å². The number of ether oxygens (including phenoxy) is 1. The van der Waals surface area contributed by atoms with Gasteiger partial charge >= 0.3 is 0 Å². The van der Waals surface area contributed by atoms with Crippen molar-refractivity contribution in [3.63, 3.8) is 0 Å². The fourth-order valence-electron chi connectivity index (χ4n) is 2.57. The third-order valence-electron chi connectivity index (χ3n) is 3.59. The minimum Gasteiger partial charge on any atom is -0.377 e. The zero-order valence-corrected chi connectivity index (χ0v) is 11.6. The van der Waals surface area contributed by atoms with Crippen LogP contribution in [0.5, 0.6) is 0 Å². The van der Waals surface area contributed by atoms with E-state index in [1.54, 1.807) is 6.07 Å². The Hall–Kier alpha value is -0.970. The molecule has 1 atom stereocenters. The van der Waals surface area contributed by atoms with Crippen LogP contribution >= 0.6 is 0 Å². The van der Waals surface area contributed by atoms with Crippen LogP contribution in [0.1, 0.15) is 30.9 Å². The molecule has 19 heavy (non-hydrogen) atoms. The van der Waals surface area contributed by atoms with E-state index in [0.717, 1.165) is 50.2 Å². The Balaban J connectivity index is 1.98. The topological polar surface area (TPSA) is 38.5 Å². The van der Waals surface area contributed by atoms with E-state index >= 15 is 0 Å². The zero-order chi connectivity index (χ0) is 13.7. The van der Waals surface area contributed by atoms with Gasteiger partial charge < -0.3 is 10.5 Å². The van der Waals surface area contributed by atoms with Gasteiger partial charge in [-0.25, -0.2) is 4.39 Å². The predicted octanol–water partition coefficient (Wildman–Crippen LogP) is 2.29. The van der Waals surface area contributed by atoms with Gasteiger partial charge in [0.25, 0.3) is 0 Å². The highest BCUT2D eigenvalue weighted by Gasteiger charge is 2.18. The molecule has 2 rings (SSSR count). The average molecular weight is 266 g/mol. The van der Waals surface area contributed by atoms with Crippen LogP contribution in [-0.4, -0.2) is 30.7 Å². The van der Waals surface area contributed by atoms with Crippen LogP contribution in [0.3, 0.4) is 0 Å². The van der Waals surface area contributed by atoms with E-state index < -0.39 is 0 Å². The SMILES string of the molecule is CCN(Cc1cc(F)cc(CN)c1)CC1CCCO1. The smallest absolute Gasteiger partial charge is 0.123 e. The standard InChI is InChI=1S/C15H23FN2O/c1-2-18(11-15-4-3-5-19-15)10-13-6-12(9-17)7-14(16)8-13/h6-8,15H,2-5,9-11,17H2,1H3. The van der Waals surface area contributed by atoms with Gasteiger partial charge in [-0.3, -0.25) is 4.90 Å². The first kappa shape index (κ1) is 14.4. The molecule has 1 aromatic carbocycles. The van der Waals surface area contributed by atoms with Crippen molar-refractivity contribution in [2.75, 3.05) is 19.7 Å². The van der Waals surface area contributed by atoms with E-state index in [9.17, 15) is 4.39 Å². The second-order valence-electron chi connectivity index (χ2n) is 5.13. The third-order valence-corrected chi connectivity index (χ3v) is 3.59. The van der Waals surface area contributed by atoms with Crippen molar-refractivity contribution in [2.24, 2.45) is 5.73 Å². The minimum absolute atomic E-state index is 0.203. The molecule has 2 N–H and O–H groups in total.